The van der Waals surface area contributed by atoms with Crippen molar-refractivity contribution in [1.82, 2.24) is 0 Å². The first-order valence-electron chi connectivity index (χ1n) is 5.35. The lowest BCUT2D eigenvalue weighted by Crippen LogP contribution is -1.99. The fraction of sp³-hybridized carbons (Fsp3) is 0.538. The fourth-order valence-electron chi connectivity index (χ4n) is 1.65. The van der Waals surface area contributed by atoms with Crippen LogP contribution >= 0.6 is 0 Å². The largest absolute Gasteiger partial charge is 0.264 e. The third kappa shape index (κ3) is 2.77. The van der Waals surface area contributed by atoms with Crippen molar-refractivity contribution in [3.05, 3.63) is 34.9 Å². The van der Waals surface area contributed by atoms with E-state index in [1.807, 2.05) is 19.9 Å². The van der Waals surface area contributed by atoms with Crippen LogP contribution in [0.3, 0.4) is 0 Å². The molecule has 0 amide bonds. The predicted octanol–water partition coefficient (Wildman–Crippen LogP) is 4.87. The second kappa shape index (κ2) is 4.73. The minimum Gasteiger partial charge on any atom is -0.205 e. The van der Waals surface area contributed by atoms with E-state index in [4.69, 9.17) is 0 Å². The van der Waals surface area contributed by atoms with E-state index >= 15 is 0 Å². The number of hydrogen-bond donors (Lipinski definition) is 0. The molecule has 0 nitrogen and oxygen atoms in total. The summed E-state index contributed by atoms with van der Waals surface area (Å²) in [5.41, 5.74) is 2.08. The topological polar surface area (TPSA) is 0 Å². The molecule has 0 bridgehead atoms. The molecular weight excluding hydrogens is 194 g/mol. The predicted molar refractivity (Wildman–Crippen MR) is 59.6 cm³/mol. The van der Waals surface area contributed by atoms with Gasteiger partial charge in [0.1, 0.15) is 0 Å². The summed E-state index contributed by atoms with van der Waals surface area (Å²) >= 11 is 0. The molecule has 0 atom stereocenters. The van der Waals surface area contributed by atoms with Gasteiger partial charge in [-0.25, -0.2) is 8.78 Å². The van der Waals surface area contributed by atoms with Gasteiger partial charge in [-0.05, 0) is 23.0 Å². The highest BCUT2D eigenvalue weighted by atomic mass is 19.3. The van der Waals surface area contributed by atoms with E-state index in [1.54, 1.807) is 12.1 Å². The van der Waals surface area contributed by atoms with Crippen LogP contribution in [0, 0.1) is 0 Å². The molecule has 1 rings (SSSR count). The molecule has 0 aliphatic carbocycles. The molecule has 0 saturated carbocycles. The number of alkyl halides is 2. The van der Waals surface area contributed by atoms with Gasteiger partial charge in [-0.1, -0.05) is 45.9 Å². The third-order valence-electron chi connectivity index (χ3n) is 2.63. The summed E-state index contributed by atoms with van der Waals surface area (Å²) in [5, 5.41) is 0. The summed E-state index contributed by atoms with van der Waals surface area (Å²) in [4.78, 5) is 0. The smallest absolute Gasteiger partial charge is 0.205 e. The Hall–Kier alpha value is -0.920. The average Bonchev–Trinajstić information content (AvgIpc) is 2.16. The Labute approximate surface area is 90.3 Å². The fourth-order valence-corrected chi connectivity index (χ4v) is 1.65. The minimum absolute atomic E-state index is 0.146. The van der Waals surface area contributed by atoms with E-state index in [1.165, 1.54) is 0 Å². The summed E-state index contributed by atoms with van der Waals surface area (Å²) < 4.78 is 25.4. The molecule has 0 aliphatic heterocycles. The van der Waals surface area contributed by atoms with Crippen molar-refractivity contribution < 1.29 is 8.78 Å². The van der Waals surface area contributed by atoms with Gasteiger partial charge in [0.2, 0.25) is 0 Å². The molecule has 84 valence electrons. The Morgan fingerprint density at radius 3 is 1.87 bits per heavy atom. The van der Waals surface area contributed by atoms with Crippen molar-refractivity contribution >= 4 is 0 Å². The monoisotopic (exact) mass is 212 g/mol. The highest BCUT2D eigenvalue weighted by Crippen LogP contribution is 2.30. The maximum Gasteiger partial charge on any atom is 0.264 e. The SMILES string of the molecule is CC(C)c1ccc(C(F)F)c(C(C)C)c1. The Bertz CT molecular complexity index is 327. The Morgan fingerprint density at radius 2 is 1.47 bits per heavy atom. The van der Waals surface area contributed by atoms with E-state index in [2.05, 4.69) is 13.8 Å². The molecule has 15 heavy (non-hydrogen) atoms. The summed E-state index contributed by atoms with van der Waals surface area (Å²) in [6.07, 6.45) is -2.37. The standard InChI is InChI=1S/C13H18F2/c1-8(2)10-5-6-11(13(14)15)12(7-10)9(3)4/h5-9,13H,1-4H3. The Morgan fingerprint density at radius 1 is 0.867 bits per heavy atom. The maximum absolute atomic E-state index is 12.7. The highest BCUT2D eigenvalue weighted by Gasteiger charge is 2.16. The molecular formula is C13H18F2. The molecule has 0 saturated heterocycles. The second-order valence-electron chi connectivity index (χ2n) is 4.50. The zero-order valence-electron chi connectivity index (χ0n) is 9.72. The number of rotatable bonds is 3. The van der Waals surface area contributed by atoms with Crippen molar-refractivity contribution in [1.29, 1.82) is 0 Å². The zero-order chi connectivity index (χ0) is 11.6. The third-order valence-corrected chi connectivity index (χ3v) is 2.63. The number of hydrogen-bond acceptors (Lipinski definition) is 0. The summed E-state index contributed by atoms with van der Waals surface area (Å²) in [6, 6.07) is 5.28. The Kier molecular flexibility index (Phi) is 3.83. The van der Waals surface area contributed by atoms with Gasteiger partial charge in [0.05, 0.1) is 0 Å². The molecule has 0 aromatic heterocycles. The van der Waals surface area contributed by atoms with Gasteiger partial charge in [0.25, 0.3) is 6.43 Å². The molecule has 1 aromatic rings. The van der Waals surface area contributed by atoms with Crippen LogP contribution in [-0.4, -0.2) is 0 Å². The molecule has 2 heteroatoms. The summed E-state index contributed by atoms with van der Waals surface area (Å²) in [7, 11) is 0. The number of benzene rings is 1. The van der Waals surface area contributed by atoms with Gasteiger partial charge < -0.3 is 0 Å². The normalized spacial score (nSPS) is 11.8. The van der Waals surface area contributed by atoms with Crippen LogP contribution in [0.25, 0.3) is 0 Å². The zero-order valence-corrected chi connectivity index (χ0v) is 9.72. The van der Waals surface area contributed by atoms with Crippen LogP contribution in [0.2, 0.25) is 0 Å². The van der Waals surface area contributed by atoms with Crippen LogP contribution in [0.4, 0.5) is 8.78 Å². The Balaban J connectivity index is 3.21. The van der Waals surface area contributed by atoms with E-state index < -0.39 is 6.43 Å². The first-order valence-corrected chi connectivity index (χ1v) is 5.35. The van der Waals surface area contributed by atoms with Gasteiger partial charge in [-0.3, -0.25) is 0 Å². The van der Waals surface area contributed by atoms with Gasteiger partial charge >= 0.3 is 0 Å². The van der Waals surface area contributed by atoms with Crippen LogP contribution in [0.5, 0.6) is 0 Å². The summed E-state index contributed by atoms with van der Waals surface area (Å²) in [5.74, 6) is 0.530. The van der Waals surface area contributed by atoms with E-state index in [0.717, 1.165) is 11.1 Å². The van der Waals surface area contributed by atoms with Crippen molar-refractivity contribution in [2.45, 2.75) is 46.0 Å². The molecule has 0 radical (unpaired) electrons. The summed E-state index contributed by atoms with van der Waals surface area (Å²) in [6.45, 7) is 8.04. The van der Waals surface area contributed by atoms with E-state index in [-0.39, 0.29) is 11.5 Å². The van der Waals surface area contributed by atoms with Gasteiger partial charge in [0.15, 0.2) is 0 Å². The first-order chi connectivity index (χ1) is 6.93. The van der Waals surface area contributed by atoms with Crippen LogP contribution in [0.15, 0.2) is 18.2 Å². The van der Waals surface area contributed by atoms with Crippen LogP contribution < -0.4 is 0 Å². The van der Waals surface area contributed by atoms with E-state index in [0.29, 0.717) is 5.92 Å². The van der Waals surface area contributed by atoms with Crippen molar-refractivity contribution in [2.75, 3.05) is 0 Å². The maximum atomic E-state index is 12.7. The quantitative estimate of drug-likeness (QED) is 0.670. The number of halogens is 2. The molecule has 0 spiro atoms. The van der Waals surface area contributed by atoms with Gasteiger partial charge in [0, 0.05) is 5.56 Å². The molecule has 0 fully saturated rings. The first kappa shape index (κ1) is 12.2. The minimum atomic E-state index is -2.37. The second-order valence-corrected chi connectivity index (χ2v) is 4.50. The van der Waals surface area contributed by atoms with Crippen LogP contribution in [0.1, 0.15) is 62.6 Å². The van der Waals surface area contributed by atoms with Crippen molar-refractivity contribution in [3.8, 4) is 0 Å². The molecule has 1 aromatic carbocycles. The van der Waals surface area contributed by atoms with Crippen molar-refractivity contribution in [2.24, 2.45) is 0 Å². The van der Waals surface area contributed by atoms with Crippen LogP contribution in [-0.2, 0) is 0 Å². The molecule has 0 heterocycles. The van der Waals surface area contributed by atoms with E-state index in [9.17, 15) is 8.78 Å². The molecule has 0 aliphatic rings. The highest BCUT2D eigenvalue weighted by molar-refractivity contribution is 5.36. The lowest BCUT2D eigenvalue weighted by molar-refractivity contribution is 0.150. The molecule has 0 N–H and O–H groups in total. The molecule has 0 unspecified atom stereocenters. The van der Waals surface area contributed by atoms with Crippen molar-refractivity contribution in [3.63, 3.8) is 0 Å². The average molecular weight is 212 g/mol. The van der Waals surface area contributed by atoms with Gasteiger partial charge in [-0.2, -0.15) is 0 Å². The lowest BCUT2D eigenvalue weighted by Gasteiger charge is -2.15. The van der Waals surface area contributed by atoms with Gasteiger partial charge in [-0.15, -0.1) is 0 Å². The lowest BCUT2D eigenvalue weighted by atomic mass is 9.92.